The summed E-state index contributed by atoms with van der Waals surface area (Å²) in [5, 5.41) is 19.0. The van der Waals surface area contributed by atoms with E-state index >= 15 is 0 Å². The van der Waals surface area contributed by atoms with Crippen molar-refractivity contribution in [3.8, 4) is 5.75 Å². The van der Waals surface area contributed by atoms with E-state index in [2.05, 4.69) is 0 Å². The molecule has 5 rings (SSSR count). The number of allylic oxidation sites excluding steroid dienone is 1. The topological polar surface area (TPSA) is 118 Å². The summed E-state index contributed by atoms with van der Waals surface area (Å²) in [6, 6.07) is 13.4. The lowest BCUT2D eigenvalue weighted by molar-refractivity contribution is -0.154. The number of benzene rings is 2. The lowest BCUT2D eigenvalue weighted by Crippen LogP contribution is -2.69. The summed E-state index contributed by atoms with van der Waals surface area (Å²) in [7, 11) is 0. The molecule has 202 valence electrons. The number of rotatable bonds is 7. The zero-order chi connectivity index (χ0) is 27.8. The smallest absolute Gasteiger partial charge is 0.352 e. The number of amides is 3. The highest BCUT2D eigenvalue weighted by atomic mass is 32.2. The molecule has 3 heterocycles. The van der Waals surface area contributed by atoms with E-state index in [4.69, 9.17) is 0 Å². The van der Waals surface area contributed by atoms with E-state index < -0.39 is 23.3 Å². The van der Waals surface area contributed by atoms with Crippen molar-refractivity contribution in [1.29, 1.82) is 0 Å². The Bertz CT molecular complexity index is 1420. The summed E-state index contributed by atoms with van der Waals surface area (Å²) in [5.74, 6) is -1.73. The van der Waals surface area contributed by atoms with Crippen molar-refractivity contribution in [2.45, 2.75) is 43.1 Å². The maximum atomic E-state index is 13.4. The van der Waals surface area contributed by atoms with E-state index in [0.717, 1.165) is 16.0 Å². The number of carboxylic acids is 1. The van der Waals surface area contributed by atoms with Crippen LogP contribution < -0.4 is 0 Å². The molecule has 2 fully saturated rings. The van der Waals surface area contributed by atoms with E-state index in [-0.39, 0.29) is 23.3 Å². The number of carbonyl (C=O) groups excluding carboxylic acids is 3. The number of aromatic hydroxyl groups is 1. The maximum absolute atomic E-state index is 13.4. The predicted octanol–water partition coefficient (Wildman–Crippen LogP) is 3.54. The number of aryl methyl sites for hydroxylation is 1. The molecule has 0 saturated carbocycles. The van der Waals surface area contributed by atoms with Crippen LogP contribution in [0.4, 0.5) is 0 Å². The van der Waals surface area contributed by atoms with Crippen LogP contribution in [0.2, 0.25) is 0 Å². The molecular weight excluding hydrogens is 538 g/mol. The number of thioether (sulfide) groups is 1. The molecule has 0 aliphatic carbocycles. The molecule has 3 aliphatic rings. The minimum absolute atomic E-state index is 0.137. The van der Waals surface area contributed by atoms with Gasteiger partial charge >= 0.3 is 5.97 Å². The number of fused-ring (bicyclic) bond motifs is 1. The highest BCUT2D eigenvalue weighted by Crippen LogP contribution is 2.45. The molecule has 2 atom stereocenters. The first-order valence-electron chi connectivity index (χ1n) is 12.4. The van der Waals surface area contributed by atoms with Crippen LogP contribution in [0.3, 0.4) is 0 Å². The summed E-state index contributed by atoms with van der Waals surface area (Å²) in [5.41, 5.74) is 2.61. The van der Waals surface area contributed by atoms with Gasteiger partial charge in [0.1, 0.15) is 16.8 Å². The SMILES string of the molecule is CC(=O)N(Sc1ccccc1C)[C@@H]1C(=O)N2C(C(=O)O)=C(/C=C3\CCN(Cc4ccc(O)cc4)C3=O)CS[C@H]12. The van der Waals surface area contributed by atoms with E-state index in [0.29, 0.717) is 36.4 Å². The average molecular weight is 566 g/mol. The van der Waals surface area contributed by atoms with Gasteiger partial charge in [-0.3, -0.25) is 23.6 Å². The normalized spacial score (nSPS) is 21.7. The van der Waals surface area contributed by atoms with Gasteiger partial charge in [-0.2, -0.15) is 0 Å². The zero-order valence-electron chi connectivity index (χ0n) is 21.4. The van der Waals surface area contributed by atoms with Gasteiger partial charge in [-0.1, -0.05) is 30.3 Å². The van der Waals surface area contributed by atoms with Crippen molar-refractivity contribution in [2.75, 3.05) is 12.3 Å². The van der Waals surface area contributed by atoms with E-state index in [9.17, 15) is 29.4 Å². The lowest BCUT2D eigenvalue weighted by atomic mass is 10.0. The number of hydrogen-bond donors (Lipinski definition) is 2. The molecule has 11 heteroatoms. The largest absolute Gasteiger partial charge is 0.508 e. The molecule has 2 aromatic carbocycles. The maximum Gasteiger partial charge on any atom is 0.352 e. The van der Waals surface area contributed by atoms with E-state index in [1.165, 1.54) is 39.8 Å². The second kappa shape index (κ2) is 10.8. The highest BCUT2D eigenvalue weighted by Gasteiger charge is 2.57. The number of hydrogen-bond acceptors (Lipinski definition) is 7. The third-order valence-electron chi connectivity index (χ3n) is 6.90. The van der Waals surface area contributed by atoms with Crippen molar-refractivity contribution in [3.63, 3.8) is 0 Å². The van der Waals surface area contributed by atoms with Crippen LogP contribution in [0.15, 0.2) is 76.3 Å². The Morgan fingerprint density at radius 2 is 1.87 bits per heavy atom. The second-order valence-corrected chi connectivity index (χ2v) is 11.7. The fraction of sp³-hybridized carbons (Fsp3) is 0.286. The van der Waals surface area contributed by atoms with Crippen LogP contribution in [0, 0.1) is 6.92 Å². The van der Waals surface area contributed by atoms with Gasteiger partial charge in [0.05, 0.1) is 0 Å². The van der Waals surface area contributed by atoms with Gasteiger partial charge in [0, 0.05) is 36.2 Å². The summed E-state index contributed by atoms with van der Waals surface area (Å²) in [4.78, 5) is 55.1. The minimum Gasteiger partial charge on any atom is -0.508 e. The molecule has 2 N–H and O–H groups in total. The highest BCUT2D eigenvalue weighted by molar-refractivity contribution is 8.00. The molecule has 0 aromatic heterocycles. The van der Waals surface area contributed by atoms with Gasteiger partial charge < -0.3 is 15.1 Å². The van der Waals surface area contributed by atoms with Crippen LogP contribution >= 0.6 is 23.7 Å². The number of carboxylic acid groups (broad SMARTS) is 1. The Labute approximate surface area is 234 Å². The van der Waals surface area contributed by atoms with Crippen molar-refractivity contribution in [3.05, 3.63) is 82.6 Å². The Balaban J connectivity index is 1.36. The molecule has 3 amide bonds. The molecule has 0 bridgehead atoms. The first-order valence-corrected chi connectivity index (χ1v) is 14.2. The van der Waals surface area contributed by atoms with Crippen LogP contribution in [0.1, 0.15) is 24.5 Å². The van der Waals surface area contributed by atoms with Crippen molar-refractivity contribution < 1.29 is 29.4 Å². The van der Waals surface area contributed by atoms with Gasteiger partial charge in [-0.05, 0) is 66.3 Å². The monoisotopic (exact) mass is 565 g/mol. The summed E-state index contributed by atoms with van der Waals surface area (Å²) >= 11 is 2.58. The number of nitrogens with zero attached hydrogens (tertiary/aromatic N) is 3. The molecule has 0 radical (unpaired) electrons. The zero-order valence-corrected chi connectivity index (χ0v) is 23.0. The van der Waals surface area contributed by atoms with Gasteiger partial charge in [-0.25, -0.2) is 4.79 Å². The summed E-state index contributed by atoms with van der Waals surface area (Å²) < 4.78 is 1.43. The second-order valence-electron chi connectivity index (χ2n) is 9.55. The van der Waals surface area contributed by atoms with Crippen molar-refractivity contribution in [1.82, 2.24) is 14.1 Å². The molecule has 2 saturated heterocycles. The van der Waals surface area contributed by atoms with Crippen molar-refractivity contribution in [2.24, 2.45) is 0 Å². The number of aliphatic carboxylic acids is 1. The Morgan fingerprint density at radius 1 is 1.15 bits per heavy atom. The summed E-state index contributed by atoms with van der Waals surface area (Å²) in [6.45, 7) is 4.19. The third kappa shape index (κ3) is 5.16. The molecule has 39 heavy (non-hydrogen) atoms. The van der Waals surface area contributed by atoms with Gasteiger partial charge in [-0.15, -0.1) is 11.8 Å². The first-order chi connectivity index (χ1) is 18.7. The lowest BCUT2D eigenvalue weighted by Gasteiger charge is -2.52. The third-order valence-corrected chi connectivity index (χ3v) is 9.52. The molecule has 9 nitrogen and oxygen atoms in total. The predicted molar refractivity (Wildman–Crippen MR) is 147 cm³/mol. The van der Waals surface area contributed by atoms with Gasteiger partial charge in [0.2, 0.25) is 11.8 Å². The fourth-order valence-electron chi connectivity index (χ4n) is 4.88. The molecule has 0 spiro atoms. The number of β-lactam (4-membered cyclic amide) rings is 1. The number of likely N-dealkylation sites (tertiary alicyclic amines) is 1. The fourth-order valence-corrected chi connectivity index (χ4v) is 7.32. The quantitative estimate of drug-likeness (QED) is 0.297. The first kappa shape index (κ1) is 26.9. The van der Waals surface area contributed by atoms with E-state index in [1.807, 2.05) is 31.2 Å². The van der Waals surface area contributed by atoms with E-state index in [1.54, 1.807) is 35.2 Å². The van der Waals surface area contributed by atoms with Crippen LogP contribution in [-0.4, -0.2) is 71.7 Å². The molecular formula is C28H27N3O6S2. The van der Waals surface area contributed by atoms with Crippen LogP contribution in [-0.2, 0) is 25.7 Å². The average Bonchev–Trinajstić information content (AvgIpc) is 3.24. The van der Waals surface area contributed by atoms with Crippen LogP contribution in [0.25, 0.3) is 0 Å². The molecule has 2 aromatic rings. The Kier molecular flexibility index (Phi) is 7.46. The Morgan fingerprint density at radius 3 is 2.54 bits per heavy atom. The molecule has 3 aliphatic heterocycles. The van der Waals surface area contributed by atoms with Gasteiger partial charge in [0.25, 0.3) is 5.91 Å². The minimum atomic E-state index is -1.24. The van der Waals surface area contributed by atoms with Crippen LogP contribution in [0.5, 0.6) is 5.75 Å². The summed E-state index contributed by atoms with van der Waals surface area (Å²) in [6.07, 6.45) is 2.07. The number of carbonyl (C=O) groups is 4. The molecule has 0 unspecified atom stereocenters. The standard InChI is InChI=1S/C28H27N3O6S2/c1-16-5-3-4-6-22(16)39-31(17(2)32)24-26(35)30-23(28(36)37)20(15-38-27(24)30)13-19-11-12-29(25(19)34)14-18-7-9-21(33)10-8-18/h3-10,13,24,27,33H,11-12,14-15H2,1-2H3,(H,36,37)/b19-13+/t24-,27-/m1/s1. The Hall–Kier alpha value is -3.70. The number of phenolic OH excluding ortho intramolecular Hbond substituents is 1. The van der Waals surface area contributed by atoms with Gasteiger partial charge in [0.15, 0.2) is 6.04 Å². The van der Waals surface area contributed by atoms with Crippen molar-refractivity contribution >= 4 is 47.4 Å². The number of phenols is 1.